The highest BCUT2D eigenvalue weighted by Crippen LogP contribution is 2.34. The van der Waals surface area contributed by atoms with Gasteiger partial charge in [0, 0.05) is 30.1 Å². The summed E-state index contributed by atoms with van der Waals surface area (Å²) in [6.07, 6.45) is 13.0. The van der Waals surface area contributed by atoms with E-state index in [2.05, 4.69) is 66.1 Å². The first kappa shape index (κ1) is 14.3. The number of hydrogen-bond donors (Lipinski definition) is 1. The molecule has 1 saturated heterocycles. The standard InChI is InChI=1S/C18H25N3/c1-4-7-16-13(3)8-6-9-18-20-12-17(21(16)18)15-11-19-10-14(15)5-2/h4,6-7,9,12,14-15,19H,5,8,10-11H2,1-3H3/b7-4-/t14-,15+/m1/s1. The van der Waals surface area contributed by atoms with Gasteiger partial charge in [-0.3, -0.25) is 4.57 Å². The molecule has 0 aromatic carbocycles. The van der Waals surface area contributed by atoms with Crippen molar-refractivity contribution in [1.82, 2.24) is 14.9 Å². The third kappa shape index (κ3) is 2.51. The molecule has 1 N–H and O–H groups in total. The van der Waals surface area contributed by atoms with Gasteiger partial charge < -0.3 is 5.32 Å². The first-order valence-corrected chi connectivity index (χ1v) is 8.04. The van der Waals surface area contributed by atoms with E-state index < -0.39 is 0 Å². The Morgan fingerprint density at radius 2 is 2.29 bits per heavy atom. The average molecular weight is 283 g/mol. The predicted octanol–water partition coefficient (Wildman–Crippen LogP) is 3.82. The lowest BCUT2D eigenvalue weighted by atomic mass is 9.91. The van der Waals surface area contributed by atoms with E-state index in [1.54, 1.807) is 0 Å². The van der Waals surface area contributed by atoms with Crippen molar-refractivity contribution in [2.24, 2.45) is 5.92 Å². The summed E-state index contributed by atoms with van der Waals surface area (Å²) in [6.45, 7) is 8.79. The van der Waals surface area contributed by atoms with E-state index in [4.69, 9.17) is 0 Å². The number of aromatic nitrogens is 2. The van der Waals surface area contributed by atoms with Gasteiger partial charge in [0.25, 0.3) is 0 Å². The SMILES string of the molecule is C/C=C\C1=C(C)CC=Cc2ncc([C@H]3CNC[C@H]3CC)n21. The van der Waals surface area contributed by atoms with Crippen LogP contribution in [0.3, 0.4) is 0 Å². The molecule has 2 aliphatic rings. The van der Waals surface area contributed by atoms with E-state index in [-0.39, 0.29) is 0 Å². The predicted molar refractivity (Wildman–Crippen MR) is 89.0 cm³/mol. The number of allylic oxidation sites excluding steroid dienone is 5. The lowest BCUT2D eigenvalue weighted by Crippen LogP contribution is -2.15. The molecule has 0 bridgehead atoms. The Balaban J connectivity index is 2.12. The molecular formula is C18H25N3. The number of nitrogens with one attached hydrogen (secondary N) is 1. The summed E-state index contributed by atoms with van der Waals surface area (Å²) in [5.41, 5.74) is 4.06. The van der Waals surface area contributed by atoms with Crippen molar-refractivity contribution in [2.45, 2.75) is 39.5 Å². The Hall–Kier alpha value is -1.61. The van der Waals surface area contributed by atoms with Gasteiger partial charge in [0.05, 0.1) is 0 Å². The molecule has 112 valence electrons. The van der Waals surface area contributed by atoms with Gasteiger partial charge in [-0.2, -0.15) is 0 Å². The summed E-state index contributed by atoms with van der Waals surface area (Å²) >= 11 is 0. The van der Waals surface area contributed by atoms with E-state index in [9.17, 15) is 0 Å². The van der Waals surface area contributed by atoms with Gasteiger partial charge in [0.15, 0.2) is 0 Å². The molecule has 21 heavy (non-hydrogen) atoms. The van der Waals surface area contributed by atoms with Gasteiger partial charge in [0.1, 0.15) is 5.82 Å². The van der Waals surface area contributed by atoms with Crippen LogP contribution in [-0.4, -0.2) is 22.6 Å². The highest BCUT2D eigenvalue weighted by atomic mass is 15.1. The third-order valence-corrected chi connectivity index (χ3v) is 4.75. The fourth-order valence-corrected chi connectivity index (χ4v) is 3.54. The average Bonchev–Trinajstić information content (AvgIpc) is 3.07. The van der Waals surface area contributed by atoms with Gasteiger partial charge in [0.2, 0.25) is 0 Å². The van der Waals surface area contributed by atoms with E-state index >= 15 is 0 Å². The molecule has 2 atom stereocenters. The molecule has 2 aliphatic heterocycles. The number of hydrogen-bond acceptors (Lipinski definition) is 2. The van der Waals surface area contributed by atoms with Crippen LogP contribution in [0.25, 0.3) is 11.8 Å². The third-order valence-electron chi connectivity index (χ3n) is 4.75. The maximum Gasteiger partial charge on any atom is 0.137 e. The molecule has 1 aromatic rings. The van der Waals surface area contributed by atoms with Crippen molar-refractivity contribution in [2.75, 3.05) is 13.1 Å². The number of rotatable bonds is 3. The van der Waals surface area contributed by atoms with Crippen molar-refractivity contribution in [1.29, 1.82) is 0 Å². The second kappa shape index (κ2) is 6.02. The molecule has 1 fully saturated rings. The van der Waals surface area contributed by atoms with Crippen LogP contribution in [0.1, 0.15) is 51.0 Å². The lowest BCUT2D eigenvalue weighted by Gasteiger charge is -2.21. The van der Waals surface area contributed by atoms with Crippen LogP contribution in [0.15, 0.2) is 30.0 Å². The fourth-order valence-electron chi connectivity index (χ4n) is 3.54. The molecule has 3 nitrogen and oxygen atoms in total. The van der Waals surface area contributed by atoms with Crippen molar-refractivity contribution in [3.05, 3.63) is 41.5 Å². The second-order valence-corrected chi connectivity index (χ2v) is 6.08. The molecule has 0 aliphatic carbocycles. The molecule has 0 unspecified atom stereocenters. The Morgan fingerprint density at radius 3 is 3.05 bits per heavy atom. The summed E-state index contributed by atoms with van der Waals surface area (Å²) in [5.74, 6) is 2.35. The zero-order valence-corrected chi connectivity index (χ0v) is 13.3. The van der Waals surface area contributed by atoms with E-state index in [0.29, 0.717) is 11.8 Å². The van der Waals surface area contributed by atoms with Crippen LogP contribution in [0.4, 0.5) is 0 Å². The van der Waals surface area contributed by atoms with Crippen molar-refractivity contribution < 1.29 is 0 Å². The zero-order chi connectivity index (χ0) is 14.8. The normalized spacial score (nSPS) is 25.7. The number of nitrogens with zero attached hydrogens (tertiary/aromatic N) is 2. The quantitative estimate of drug-likeness (QED) is 0.914. The van der Waals surface area contributed by atoms with Gasteiger partial charge >= 0.3 is 0 Å². The summed E-state index contributed by atoms with van der Waals surface area (Å²) in [6, 6.07) is 0. The van der Waals surface area contributed by atoms with Crippen molar-refractivity contribution >= 4 is 11.8 Å². The van der Waals surface area contributed by atoms with E-state index in [0.717, 1.165) is 25.3 Å². The largest absolute Gasteiger partial charge is 0.316 e. The van der Waals surface area contributed by atoms with Crippen LogP contribution < -0.4 is 5.32 Å². The highest BCUT2D eigenvalue weighted by molar-refractivity contribution is 5.67. The fraction of sp³-hybridized carbons (Fsp3) is 0.500. The van der Waals surface area contributed by atoms with E-state index in [1.807, 2.05) is 0 Å². The Bertz CT molecular complexity index is 604. The highest BCUT2D eigenvalue weighted by Gasteiger charge is 2.31. The maximum absolute atomic E-state index is 4.68. The molecule has 3 heterocycles. The first-order chi connectivity index (χ1) is 10.3. The number of fused-ring (bicyclic) bond motifs is 1. The van der Waals surface area contributed by atoms with Crippen LogP contribution in [0.2, 0.25) is 0 Å². The molecule has 3 rings (SSSR count). The summed E-state index contributed by atoms with van der Waals surface area (Å²) in [5, 5.41) is 3.55. The van der Waals surface area contributed by atoms with Crippen LogP contribution in [0, 0.1) is 5.92 Å². The minimum Gasteiger partial charge on any atom is -0.316 e. The van der Waals surface area contributed by atoms with Crippen LogP contribution >= 0.6 is 0 Å². The van der Waals surface area contributed by atoms with E-state index in [1.165, 1.54) is 23.4 Å². The Morgan fingerprint density at radius 1 is 1.43 bits per heavy atom. The molecule has 1 aromatic heterocycles. The molecule has 0 saturated carbocycles. The van der Waals surface area contributed by atoms with Crippen molar-refractivity contribution in [3.63, 3.8) is 0 Å². The minimum atomic E-state index is 0.566. The summed E-state index contributed by atoms with van der Waals surface area (Å²) in [7, 11) is 0. The molecular weight excluding hydrogens is 258 g/mol. The number of imidazole rings is 1. The van der Waals surface area contributed by atoms with Crippen LogP contribution in [-0.2, 0) is 0 Å². The first-order valence-electron chi connectivity index (χ1n) is 8.04. The zero-order valence-electron chi connectivity index (χ0n) is 13.3. The van der Waals surface area contributed by atoms with Gasteiger partial charge in [-0.25, -0.2) is 4.98 Å². The molecule has 3 heteroatoms. The van der Waals surface area contributed by atoms with Crippen molar-refractivity contribution in [3.8, 4) is 0 Å². The summed E-state index contributed by atoms with van der Waals surface area (Å²) in [4.78, 5) is 4.68. The Labute approximate surface area is 127 Å². The minimum absolute atomic E-state index is 0.566. The monoisotopic (exact) mass is 283 g/mol. The smallest absolute Gasteiger partial charge is 0.137 e. The second-order valence-electron chi connectivity index (χ2n) is 6.08. The summed E-state index contributed by atoms with van der Waals surface area (Å²) < 4.78 is 2.37. The molecule has 0 radical (unpaired) electrons. The molecule has 0 spiro atoms. The van der Waals surface area contributed by atoms with Gasteiger partial charge in [-0.05, 0) is 50.5 Å². The maximum atomic E-state index is 4.68. The van der Waals surface area contributed by atoms with Gasteiger partial charge in [-0.15, -0.1) is 0 Å². The lowest BCUT2D eigenvalue weighted by molar-refractivity contribution is 0.490. The van der Waals surface area contributed by atoms with Crippen LogP contribution in [0.5, 0.6) is 0 Å². The topological polar surface area (TPSA) is 29.9 Å². The Kier molecular flexibility index (Phi) is 4.11. The van der Waals surface area contributed by atoms with Gasteiger partial charge in [-0.1, -0.05) is 25.5 Å². The molecule has 0 amide bonds.